The van der Waals surface area contributed by atoms with Crippen molar-refractivity contribution in [2.75, 3.05) is 32.8 Å². The van der Waals surface area contributed by atoms with Crippen molar-refractivity contribution in [1.29, 1.82) is 0 Å². The van der Waals surface area contributed by atoms with E-state index in [0.717, 1.165) is 0 Å². The zero-order chi connectivity index (χ0) is 19.6. The predicted octanol–water partition coefficient (Wildman–Crippen LogP) is 4.55. The SMILES string of the molecule is CCOc1ccccc1OCCCC(=O)Nc1cc(Cl)c(OC)cc1OC. The topological polar surface area (TPSA) is 66.0 Å². The smallest absolute Gasteiger partial charge is 0.224 e. The number of para-hydroxylation sites is 2. The summed E-state index contributed by atoms with van der Waals surface area (Å²) in [5.41, 5.74) is 0.496. The van der Waals surface area contributed by atoms with E-state index in [1.165, 1.54) is 14.2 Å². The van der Waals surface area contributed by atoms with E-state index in [-0.39, 0.29) is 5.91 Å². The number of nitrogens with one attached hydrogen (secondary N) is 1. The molecule has 146 valence electrons. The maximum atomic E-state index is 12.2. The number of methoxy groups -OCH3 is 2. The van der Waals surface area contributed by atoms with Gasteiger partial charge in [-0.05, 0) is 31.5 Å². The molecule has 27 heavy (non-hydrogen) atoms. The number of ether oxygens (including phenoxy) is 4. The van der Waals surface area contributed by atoms with Crippen LogP contribution in [-0.4, -0.2) is 33.3 Å². The number of carbonyl (C=O) groups excluding carboxylic acids is 1. The molecule has 0 heterocycles. The molecular weight excluding hydrogens is 370 g/mol. The standard InChI is InChI=1S/C20H24ClNO5/c1-4-26-16-8-5-6-9-17(16)27-11-7-10-20(23)22-15-12-14(21)18(24-2)13-19(15)25-3/h5-6,8-9,12-13H,4,7,10-11H2,1-3H3,(H,22,23). The molecule has 7 heteroatoms. The number of hydrogen-bond acceptors (Lipinski definition) is 5. The van der Waals surface area contributed by atoms with E-state index < -0.39 is 0 Å². The highest BCUT2D eigenvalue weighted by molar-refractivity contribution is 6.32. The molecular formula is C20H24ClNO5. The molecule has 2 rings (SSSR count). The minimum atomic E-state index is -0.156. The van der Waals surface area contributed by atoms with Gasteiger partial charge >= 0.3 is 0 Å². The first-order valence-electron chi connectivity index (χ1n) is 8.65. The molecule has 2 aromatic carbocycles. The Morgan fingerprint density at radius 2 is 1.67 bits per heavy atom. The Hall–Kier alpha value is -2.60. The second-order valence-corrected chi connectivity index (χ2v) is 5.97. The summed E-state index contributed by atoms with van der Waals surface area (Å²) in [6.45, 7) is 2.88. The summed E-state index contributed by atoms with van der Waals surface area (Å²) < 4.78 is 21.6. The van der Waals surface area contributed by atoms with Gasteiger partial charge < -0.3 is 24.3 Å². The van der Waals surface area contributed by atoms with Crippen LogP contribution in [0.1, 0.15) is 19.8 Å². The van der Waals surface area contributed by atoms with Crippen LogP contribution in [-0.2, 0) is 4.79 Å². The molecule has 0 aliphatic heterocycles. The summed E-state index contributed by atoms with van der Waals surface area (Å²) in [5.74, 6) is 2.17. The number of halogens is 1. The molecule has 1 N–H and O–H groups in total. The Labute approximate surface area is 164 Å². The van der Waals surface area contributed by atoms with Crippen LogP contribution in [0.15, 0.2) is 36.4 Å². The molecule has 0 aromatic heterocycles. The Balaban J connectivity index is 1.86. The number of rotatable bonds is 10. The van der Waals surface area contributed by atoms with Crippen LogP contribution in [0.5, 0.6) is 23.0 Å². The molecule has 0 unspecified atom stereocenters. The Morgan fingerprint density at radius 1 is 1.00 bits per heavy atom. The van der Waals surface area contributed by atoms with E-state index in [9.17, 15) is 4.79 Å². The lowest BCUT2D eigenvalue weighted by molar-refractivity contribution is -0.116. The molecule has 0 saturated carbocycles. The summed E-state index contributed by atoms with van der Waals surface area (Å²) >= 11 is 6.11. The largest absolute Gasteiger partial charge is 0.495 e. The molecule has 0 saturated heterocycles. The van der Waals surface area contributed by atoms with Crippen molar-refractivity contribution < 1.29 is 23.7 Å². The minimum absolute atomic E-state index is 0.156. The summed E-state index contributed by atoms with van der Waals surface area (Å²) in [6.07, 6.45) is 0.849. The summed E-state index contributed by atoms with van der Waals surface area (Å²) in [7, 11) is 3.03. The van der Waals surface area contributed by atoms with Crippen molar-refractivity contribution in [1.82, 2.24) is 0 Å². The molecule has 0 bridgehead atoms. The highest BCUT2D eigenvalue weighted by Crippen LogP contribution is 2.36. The van der Waals surface area contributed by atoms with E-state index in [1.54, 1.807) is 12.1 Å². The lowest BCUT2D eigenvalue weighted by Crippen LogP contribution is -2.13. The van der Waals surface area contributed by atoms with Crippen molar-refractivity contribution >= 4 is 23.2 Å². The van der Waals surface area contributed by atoms with Crippen LogP contribution < -0.4 is 24.3 Å². The van der Waals surface area contributed by atoms with Gasteiger partial charge in [-0.2, -0.15) is 0 Å². The van der Waals surface area contributed by atoms with Gasteiger partial charge in [-0.25, -0.2) is 0 Å². The first-order chi connectivity index (χ1) is 13.1. The highest BCUT2D eigenvalue weighted by atomic mass is 35.5. The number of amides is 1. The van der Waals surface area contributed by atoms with Crippen LogP contribution in [0.25, 0.3) is 0 Å². The zero-order valence-electron chi connectivity index (χ0n) is 15.7. The van der Waals surface area contributed by atoms with E-state index in [1.807, 2.05) is 31.2 Å². The lowest BCUT2D eigenvalue weighted by atomic mass is 10.2. The normalized spacial score (nSPS) is 10.2. The first kappa shape index (κ1) is 20.7. The van der Waals surface area contributed by atoms with Gasteiger partial charge in [0.25, 0.3) is 0 Å². The molecule has 1 amide bonds. The quantitative estimate of drug-likeness (QED) is 0.599. The van der Waals surface area contributed by atoms with E-state index in [0.29, 0.717) is 59.8 Å². The number of anilines is 1. The van der Waals surface area contributed by atoms with Gasteiger partial charge in [0.1, 0.15) is 11.5 Å². The van der Waals surface area contributed by atoms with Gasteiger partial charge in [-0.15, -0.1) is 0 Å². The maximum absolute atomic E-state index is 12.2. The Kier molecular flexibility index (Phi) is 8.07. The molecule has 0 spiro atoms. The predicted molar refractivity (Wildman–Crippen MR) is 106 cm³/mol. The zero-order valence-corrected chi connectivity index (χ0v) is 16.5. The maximum Gasteiger partial charge on any atom is 0.224 e. The molecule has 0 aliphatic carbocycles. The third-order valence-corrected chi connectivity index (χ3v) is 4.00. The second-order valence-electron chi connectivity index (χ2n) is 5.57. The first-order valence-corrected chi connectivity index (χ1v) is 9.02. The van der Waals surface area contributed by atoms with Crippen molar-refractivity contribution in [3.8, 4) is 23.0 Å². The van der Waals surface area contributed by atoms with Crippen molar-refractivity contribution in [2.24, 2.45) is 0 Å². The average molecular weight is 394 g/mol. The molecule has 0 atom stereocenters. The monoisotopic (exact) mass is 393 g/mol. The fraction of sp³-hybridized carbons (Fsp3) is 0.350. The third-order valence-electron chi connectivity index (χ3n) is 3.70. The highest BCUT2D eigenvalue weighted by Gasteiger charge is 2.12. The average Bonchev–Trinajstić information content (AvgIpc) is 2.67. The number of hydrogen-bond donors (Lipinski definition) is 1. The van der Waals surface area contributed by atoms with Crippen LogP contribution in [0.3, 0.4) is 0 Å². The van der Waals surface area contributed by atoms with E-state index >= 15 is 0 Å². The van der Waals surface area contributed by atoms with Gasteiger partial charge in [-0.1, -0.05) is 23.7 Å². The van der Waals surface area contributed by atoms with Crippen molar-refractivity contribution in [3.05, 3.63) is 41.4 Å². The van der Waals surface area contributed by atoms with Gasteiger partial charge in [0.15, 0.2) is 11.5 Å². The Bertz CT molecular complexity index is 766. The molecule has 2 aromatic rings. The van der Waals surface area contributed by atoms with E-state index in [2.05, 4.69) is 5.32 Å². The van der Waals surface area contributed by atoms with Gasteiger partial charge in [0.2, 0.25) is 5.91 Å². The van der Waals surface area contributed by atoms with Crippen LogP contribution in [0.4, 0.5) is 5.69 Å². The van der Waals surface area contributed by atoms with Crippen molar-refractivity contribution in [3.63, 3.8) is 0 Å². The van der Waals surface area contributed by atoms with Gasteiger partial charge in [0.05, 0.1) is 38.1 Å². The molecule has 0 radical (unpaired) electrons. The third kappa shape index (κ3) is 5.96. The second kappa shape index (κ2) is 10.5. The fourth-order valence-corrected chi connectivity index (χ4v) is 2.67. The fourth-order valence-electron chi connectivity index (χ4n) is 2.43. The molecule has 0 fully saturated rings. The van der Waals surface area contributed by atoms with Crippen LogP contribution >= 0.6 is 11.6 Å². The molecule has 0 aliphatic rings. The minimum Gasteiger partial charge on any atom is -0.495 e. The van der Waals surface area contributed by atoms with E-state index in [4.69, 9.17) is 30.5 Å². The summed E-state index contributed by atoms with van der Waals surface area (Å²) in [5, 5.41) is 3.19. The van der Waals surface area contributed by atoms with Crippen molar-refractivity contribution in [2.45, 2.75) is 19.8 Å². The van der Waals surface area contributed by atoms with Gasteiger partial charge in [0, 0.05) is 12.5 Å². The summed E-state index contributed by atoms with van der Waals surface area (Å²) in [4.78, 5) is 12.2. The number of carbonyl (C=O) groups is 1. The van der Waals surface area contributed by atoms with Gasteiger partial charge in [-0.3, -0.25) is 4.79 Å². The Morgan fingerprint density at radius 3 is 2.30 bits per heavy atom. The number of benzene rings is 2. The van der Waals surface area contributed by atoms with Crippen LogP contribution in [0.2, 0.25) is 5.02 Å². The lowest BCUT2D eigenvalue weighted by Gasteiger charge is -2.13. The van der Waals surface area contributed by atoms with Crippen LogP contribution in [0, 0.1) is 0 Å². The molecule has 6 nitrogen and oxygen atoms in total. The summed E-state index contributed by atoms with van der Waals surface area (Å²) in [6, 6.07) is 10.7.